The molecule has 1 amide bonds. The molecule has 0 N–H and O–H groups in total. The minimum absolute atomic E-state index is 0.125. The highest BCUT2D eigenvalue weighted by atomic mass is 32.1. The number of thiocarbonyl (C=S) groups is 1. The SMILES string of the molecule is CCCCCCCCCCCCC(=O)N=C=S. The molecule has 0 bridgehead atoms. The summed E-state index contributed by atoms with van der Waals surface area (Å²) in [5, 5.41) is 2.11. The Morgan fingerprint density at radius 3 is 1.88 bits per heavy atom. The minimum atomic E-state index is -0.125. The fourth-order valence-corrected chi connectivity index (χ4v) is 1.97. The van der Waals surface area contributed by atoms with E-state index in [9.17, 15) is 4.79 Å². The van der Waals surface area contributed by atoms with Gasteiger partial charge in [0, 0.05) is 6.42 Å². The van der Waals surface area contributed by atoms with E-state index in [1.165, 1.54) is 51.4 Å². The molecule has 0 heterocycles. The zero-order valence-electron chi connectivity index (χ0n) is 11.0. The number of rotatable bonds is 11. The first-order valence-electron chi connectivity index (χ1n) is 6.92. The predicted molar refractivity (Wildman–Crippen MR) is 76.5 cm³/mol. The zero-order valence-corrected chi connectivity index (χ0v) is 11.9. The zero-order chi connectivity index (χ0) is 12.8. The van der Waals surface area contributed by atoms with Crippen molar-refractivity contribution in [2.75, 3.05) is 0 Å². The van der Waals surface area contributed by atoms with Crippen molar-refractivity contribution >= 4 is 23.3 Å². The molecular weight excluding hydrogens is 230 g/mol. The molecule has 0 saturated carbocycles. The van der Waals surface area contributed by atoms with Gasteiger partial charge in [-0.1, -0.05) is 64.7 Å². The van der Waals surface area contributed by atoms with Crippen LogP contribution in [0.25, 0.3) is 0 Å². The third-order valence-corrected chi connectivity index (χ3v) is 3.01. The molecule has 0 aliphatic carbocycles. The van der Waals surface area contributed by atoms with Gasteiger partial charge in [-0.25, -0.2) is 0 Å². The molecule has 0 unspecified atom stereocenters. The van der Waals surface area contributed by atoms with Gasteiger partial charge in [-0.15, -0.1) is 0 Å². The number of carbonyl (C=O) groups is 1. The number of carbonyl (C=O) groups excluding carboxylic acids is 1. The molecule has 0 radical (unpaired) electrons. The van der Waals surface area contributed by atoms with Crippen molar-refractivity contribution in [1.82, 2.24) is 0 Å². The van der Waals surface area contributed by atoms with Crippen LogP contribution in [-0.4, -0.2) is 11.1 Å². The third kappa shape index (κ3) is 13.4. The number of isothiocyanates is 1. The van der Waals surface area contributed by atoms with Crippen LogP contribution in [0.5, 0.6) is 0 Å². The fraction of sp³-hybridized carbons (Fsp3) is 0.857. The maximum absolute atomic E-state index is 11.0. The lowest BCUT2D eigenvalue weighted by molar-refractivity contribution is -0.117. The molecule has 0 saturated heterocycles. The summed E-state index contributed by atoms with van der Waals surface area (Å²) in [6.45, 7) is 2.25. The van der Waals surface area contributed by atoms with Gasteiger partial charge in [0.1, 0.15) is 0 Å². The first kappa shape index (κ1) is 16.5. The molecule has 0 atom stereocenters. The Morgan fingerprint density at radius 2 is 1.41 bits per heavy atom. The van der Waals surface area contributed by atoms with Gasteiger partial charge in [-0.2, -0.15) is 4.99 Å². The van der Waals surface area contributed by atoms with Gasteiger partial charge in [0.25, 0.3) is 5.91 Å². The van der Waals surface area contributed by atoms with Crippen LogP contribution in [-0.2, 0) is 4.79 Å². The second-order valence-electron chi connectivity index (χ2n) is 4.53. The van der Waals surface area contributed by atoms with Crippen LogP contribution in [0.4, 0.5) is 0 Å². The van der Waals surface area contributed by atoms with E-state index in [-0.39, 0.29) is 5.91 Å². The number of amides is 1. The second-order valence-corrected chi connectivity index (χ2v) is 4.71. The van der Waals surface area contributed by atoms with Crippen molar-refractivity contribution in [2.45, 2.75) is 77.6 Å². The quantitative estimate of drug-likeness (QED) is 0.298. The van der Waals surface area contributed by atoms with E-state index in [1.807, 2.05) is 0 Å². The third-order valence-electron chi connectivity index (χ3n) is 2.91. The molecule has 0 aliphatic heterocycles. The van der Waals surface area contributed by atoms with E-state index >= 15 is 0 Å². The minimum Gasteiger partial charge on any atom is -0.272 e. The number of aliphatic imine (C=N–C) groups is 1. The lowest BCUT2D eigenvalue weighted by Gasteiger charge is -2.01. The first-order valence-corrected chi connectivity index (χ1v) is 7.32. The lowest BCUT2D eigenvalue weighted by Crippen LogP contribution is -1.91. The van der Waals surface area contributed by atoms with Crippen LogP contribution < -0.4 is 0 Å². The summed E-state index contributed by atoms with van der Waals surface area (Å²) in [7, 11) is 0. The summed E-state index contributed by atoms with van der Waals surface area (Å²) in [5.41, 5.74) is 0. The smallest absolute Gasteiger partial charge is 0.254 e. The number of hydrogen-bond donors (Lipinski definition) is 0. The van der Waals surface area contributed by atoms with E-state index in [4.69, 9.17) is 0 Å². The van der Waals surface area contributed by atoms with Gasteiger partial charge < -0.3 is 0 Å². The fourth-order valence-electron chi connectivity index (χ4n) is 1.87. The molecule has 0 rings (SSSR count). The summed E-state index contributed by atoms with van der Waals surface area (Å²) >= 11 is 4.37. The van der Waals surface area contributed by atoms with Crippen molar-refractivity contribution < 1.29 is 4.79 Å². The summed E-state index contributed by atoms with van der Waals surface area (Å²) < 4.78 is 0. The molecular formula is C14H25NOS. The highest BCUT2D eigenvalue weighted by Gasteiger charge is 1.97. The van der Waals surface area contributed by atoms with Crippen molar-refractivity contribution in [3.8, 4) is 0 Å². The molecule has 0 spiro atoms. The predicted octanol–water partition coefficient (Wildman–Crippen LogP) is 4.93. The van der Waals surface area contributed by atoms with Crippen molar-refractivity contribution in [2.24, 2.45) is 4.99 Å². The normalized spacial score (nSPS) is 9.94. The van der Waals surface area contributed by atoms with E-state index in [0.29, 0.717) is 6.42 Å². The molecule has 98 valence electrons. The molecule has 0 fully saturated rings. The Morgan fingerprint density at radius 1 is 0.941 bits per heavy atom. The van der Waals surface area contributed by atoms with Gasteiger partial charge >= 0.3 is 0 Å². The van der Waals surface area contributed by atoms with Crippen LogP contribution in [0.2, 0.25) is 0 Å². The standard InChI is InChI=1S/C14H25NOS/c1-2-3-4-5-6-7-8-9-10-11-12-14(16)15-13-17/h2-12H2,1H3. The van der Waals surface area contributed by atoms with Gasteiger partial charge in [-0.3, -0.25) is 4.79 Å². The van der Waals surface area contributed by atoms with Crippen LogP contribution in [0.1, 0.15) is 77.6 Å². The molecule has 2 nitrogen and oxygen atoms in total. The van der Waals surface area contributed by atoms with E-state index in [2.05, 4.69) is 29.3 Å². The topological polar surface area (TPSA) is 29.4 Å². The van der Waals surface area contributed by atoms with Crippen LogP contribution in [0.15, 0.2) is 4.99 Å². The maximum atomic E-state index is 11.0. The average molecular weight is 255 g/mol. The lowest BCUT2D eigenvalue weighted by atomic mass is 10.1. The highest BCUT2D eigenvalue weighted by molar-refractivity contribution is 7.78. The Kier molecular flexibility index (Phi) is 13.1. The number of nitrogens with zero attached hydrogens (tertiary/aromatic N) is 1. The van der Waals surface area contributed by atoms with Crippen LogP contribution in [0, 0.1) is 0 Å². The molecule has 0 aromatic carbocycles. The summed E-state index contributed by atoms with van der Waals surface area (Å²) in [6.07, 6.45) is 13.3. The Labute approximate surface area is 111 Å². The molecule has 0 aliphatic rings. The molecule has 0 aromatic rings. The Balaban J connectivity index is 3.08. The summed E-state index contributed by atoms with van der Waals surface area (Å²) in [5.74, 6) is -0.125. The van der Waals surface area contributed by atoms with Crippen molar-refractivity contribution in [3.63, 3.8) is 0 Å². The van der Waals surface area contributed by atoms with Gasteiger partial charge in [0.05, 0.1) is 5.16 Å². The maximum Gasteiger partial charge on any atom is 0.254 e. The van der Waals surface area contributed by atoms with Crippen LogP contribution in [0.3, 0.4) is 0 Å². The number of hydrogen-bond acceptors (Lipinski definition) is 2. The van der Waals surface area contributed by atoms with E-state index in [1.54, 1.807) is 0 Å². The van der Waals surface area contributed by atoms with Gasteiger partial charge in [-0.05, 0) is 18.6 Å². The Bertz CT molecular complexity index is 234. The van der Waals surface area contributed by atoms with E-state index < -0.39 is 0 Å². The van der Waals surface area contributed by atoms with Crippen LogP contribution >= 0.6 is 12.2 Å². The van der Waals surface area contributed by atoms with Gasteiger partial charge in [0.2, 0.25) is 0 Å². The molecule has 17 heavy (non-hydrogen) atoms. The molecule has 3 heteroatoms. The molecule has 0 aromatic heterocycles. The van der Waals surface area contributed by atoms with Gasteiger partial charge in [0.15, 0.2) is 0 Å². The summed E-state index contributed by atoms with van der Waals surface area (Å²) in [6, 6.07) is 0. The average Bonchev–Trinajstić information content (AvgIpc) is 2.32. The summed E-state index contributed by atoms with van der Waals surface area (Å²) in [4.78, 5) is 14.4. The first-order chi connectivity index (χ1) is 8.31. The highest BCUT2D eigenvalue weighted by Crippen LogP contribution is 2.11. The van der Waals surface area contributed by atoms with Crippen molar-refractivity contribution in [1.29, 1.82) is 0 Å². The number of unbranched alkanes of at least 4 members (excludes halogenated alkanes) is 9. The monoisotopic (exact) mass is 255 g/mol. The van der Waals surface area contributed by atoms with E-state index in [0.717, 1.165) is 12.8 Å². The van der Waals surface area contributed by atoms with Crippen molar-refractivity contribution in [3.05, 3.63) is 0 Å². The second kappa shape index (κ2) is 13.5. The largest absolute Gasteiger partial charge is 0.272 e. The Hall–Kier alpha value is -0.530.